The number of aromatic hydroxyl groups is 2. The Kier molecular flexibility index (Phi) is 6.97. The van der Waals surface area contributed by atoms with Crippen LogP contribution in [0.3, 0.4) is 0 Å². The van der Waals surface area contributed by atoms with E-state index in [-0.39, 0.29) is 29.7 Å². The number of carbonyl (C=O) groups excluding carboxylic acids is 1. The monoisotopic (exact) mass is 622 g/mol. The molecular weight excluding hydrogens is 584 g/mol. The molecule has 232 valence electrons. The van der Waals surface area contributed by atoms with Gasteiger partial charge in [-0.1, -0.05) is 12.1 Å². The van der Waals surface area contributed by atoms with Gasteiger partial charge in [-0.2, -0.15) is 10.9 Å². The summed E-state index contributed by atoms with van der Waals surface area (Å²) < 4.78 is 18.0. The summed E-state index contributed by atoms with van der Waals surface area (Å²) in [6.45, 7) is 2.49. The minimum atomic E-state index is -0.810. The van der Waals surface area contributed by atoms with Gasteiger partial charge in [0.2, 0.25) is 0 Å². The number of benzene rings is 4. The molecule has 0 aromatic heterocycles. The quantitative estimate of drug-likeness (QED) is 0.119. The standard InChI is InChI=1S/C38H38O6S/c1-38(26-15-24-14-25(17-26)18-27(38)16-24)44-37(41)22-43-30-6-2-23(3-7-30)21-42-31-8-10-32(11-9-31)45-35-12-4-28(39)19-33(35)34-20-29(40)5-13-36(34)45/h2-13,19-20,24-27,39-40,45H,14-18,21-22H2,1H3. The summed E-state index contributed by atoms with van der Waals surface area (Å²) in [5, 5.41) is 20.2. The molecule has 4 bridgehead atoms. The third kappa shape index (κ3) is 5.21. The van der Waals surface area contributed by atoms with Gasteiger partial charge >= 0.3 is 5.97 Å². The fourth-order valence-electron chi connectivity index (χ4n) is 8.52. The van der Waals surface area contributed by atoms with Crippen LogP contribution in [0.1, 0.15) is 44.6 Å². The normalized spacial score (nSPS) is 26.3. The molecule has 4 saturated carbocycles. The van der Waals surface area contributed by atoms with Gasteiger partial charge in [0.1, 0.15) is 35.2 Å². The van der Waals surface area contributed by atoms with E-state index < -0.39 is 10.9 Å². The lowest BCUT2D eigenvalue weighted by atomic mass is 9.50. The maximum Gasteiger partial charge on any atom is 0.344 e. The molecule has 4 aliphatic carbocycles. The van der Waals surface area contributed by atoms with Crippen molar-refractivity contribution in [2.45, 2.75) is 65.9 Å². The first kappa shape index (κ1) is 28.4. The van der Waals surface area contributed by atoms with Crippen LogP contribution in [0.2, 0.25) is 0 Å². The van der Waals surface area contributed by atoms with E-state index in [1.165, 1.54) is 37.0 Å². The van der Waals surface area contributed by atoms with Crippen molar-refractivity contribution >= 4 is 16.9 Å². The van der Waals surface area contributed by atoms with Gasteiger partial charge in [0.15, 0.2) is 6.61 Å². The van der Waals surface area contributed by atoms with Crippen LogP contribution >= 0.6 is 10.9 Å². The van der Waals surface area contributed by atoms with Crippen molar-refractivity contribution in [1.29, 1.82) is 0 Å². The molecule has 5 aliphatic rings. The van der Waals surface area contributed by atoms with E-state index in [4.69, 9.17) is 14.2 Å². The topological polar surface area (TPSA) is 85.2 Å². The van der Waals surface area contributed by atoms with Crippen molar-refractivity contribution in [2.24, 2.45) is 23.7 Å². The fraction of sp³-hybridized carbons (Fsp3) is 0.342. The Morgan fingerprint density at radius 1 is 0.733 bits per heavy atom. The first-order valence-electron chi connectivity index (χ1n) is 16.0. The van der Waals surface area contributed by atoms with Crippen LogP contribution in [-0.2, 0) is 16.1 Å². The summed E-state index contributed by atoms with van der Waals surface area (Å²) in [5.41, 5.74) is 2.59. The molecule has 0 amide bonds. The van der Waals surface area contributed by atoms with E-state index in [0.717, 1.165) is 44.1 Å². The predicted octanol–water partition coefficient (Wildman–Crippen LogP) is 8.27. The van der Waals surface area contributed by atoms with E-state index in [9.17, 15) is 15.0 Å². The highest BCUT2D eigenvalue weighted by atomic mass is 32.2. The number of esters is 1. The second kappa shape index (κ2) is 11.1. The summed E-state index contributed by atoms with van der Waals surface area (Å²) in [6.07, 6.45) is 6.18. The Balaban J connectivity index is 0.865. The molecule has 4 aromatic carbocycles. The lowest BCUT2D eigenvalue weighted by Crippen LogP contribution is -2.58. The molecule has 0 unspecified atom stereocenters. The lowest BCUT2D eigenvalue weighted by Gasteiger charge is -2.59. The molecule has 9 rings (SSSR count). The Labute approximate surface area is 266 Å². The minimum Gasteiger partial charge on any atom is -0.508 e. The molecule has 45 heavy (non-hydrogen) atoms. The fourth-order valence-corrected chi connectivity index (χ4v) is 11.1. The van der Waals surface area contributed by atoms with Crippen molar-refractivity contribution in [2.75, 3.05) is 6.61 Å². The Bertz CT molecular complexity index is 1670. The zero-order valence-corrected chi connectivity index (χ0v) is 26.2. The van der Waals surface area contributed by atoms with Crippen LogP contribution in [0, 0.1) is 23.7 Å². The summed E-state index contributed by atoms with van der Waals surface area (Å²) in [4.78, 5) is 16.3. The van der Waals surface area contributed by atoms with Gasteiger partial charge in [0.05, 0.1) is 0 Å². The van der Waals surface area contributed by atoms with Gasteiger partial charge in [0.25, 0.3) is 0 Å². The van der Waals surface area contributed by atoms with Crippen LogP contribution < -0.4 is 9.47 Å². The van der Waals surface area contributed by atoms with Crippen molar-refractivity contribution in [3.05, 3.63) is 90.5 Å². The number of hydrogen-bond donors (Lipinski definition) is 3. The van der Waals surface area contributed by atoms with Gasteiger partial charge in [0, 0.05) is 9.79 Å². The average Bonchev–Trinajstić information content (AvgIpc) is 3.34. The van der Waals surface area contributed by atoms with Crippen LogP contribution in [-0.4, -0.2) is 28.4 Å². The number of hydrogen-bond acceptors (Lipinski definition) is 6. The van der Waals surface area contributed by atoms with Crippen molar-refractivity contribution < 1.29 is 29.2 Å². The summed E-state index contributed by atoms with van der Waals surface area (Å²) in [5.74, 6) is 4.22. The summed E-state index contributed by atoms with van der Waals surface area (Å²) >= 11 is 0. The van der Waals surface area contributed by atoms with Crippen molar-refractivity contribution in [3.8, 4) is 34.1 Å². The van der Waals surface area contributed by atoms with E-state index in [1.807, 2.05) is 48.5 Å². The molecule has 1 aliphatic heterocycles. The molecule has 1 heterocycles. The highest BCUT2D eigenvalue weighted by Gasteiger charge is 2.57. The summed E-state index contributed by atoms with van der Waals surface area (Å²) in [7, 11) is -0.810. The predicted molar refractivity (Wildman–Crippen MR) is 173 cm³/mol. The molecule has 0 atom stereocenters. The van der Waals surface area contributed by atoms with Crippen LogP contribution in [0.15, 0.2) is 99.6 Å². The Morgan fingerprint density at radius 3 is 1.84 bits per heavy atom. The van der Waals surface area contributed by atoms with Gasteiger partial charge in [-0.25, -0.2) is 4.79 Å². The van der Waals surface area contributed by atoms with Crippen LogP contribution in [0.5, 0.6) is 23.0 Å². The number of fused-ring (bicyclic) bond motifs is 3. The number of thiol groups is 1. The minimum absolute atomic E-state index is 0.0795. The first-order valence-corrected chi connectivity index (χ1v) is 17.3. The van der Waals surface area contributed by atoms with Crippen LogP contribution in [0.25, 0.3) is 11.1 Å². The molecule has 4 fully saturated rings. The molecule has 0 radical (unpaired) electrons. The third-order valence-electron chi connectivity index (χ3n) is 10.6. The third-order valence-corrected chi connectivity index (χ3v) is 13.2. The van der Waals surface area contributed by atoms with Gasteiger partial charge in [-0.15, -0.1) is 0 Å². The Morgan fingerprint density at radius 2 is 1.27 bits per heavy atom. The summed E-state index contributed by atoms with van der Waals surface area (Å²) in [6, 6.07) is 26.8. The van der Waals surface area contributed by atoms with Gasteiger partial charge < -0.3 is 24.4 Å². The van der Waals surface area contributed by atoms with Gasteiger partial charge in [-0.05, 0) is 157 Å². The largest absolute Gasteiger partial charge is 0.508 e. The number of ether oxygens (including phenoxy) is 3. The van der Waals surface area contributed by atoms with Crippen molar-refractivity contribution in [1.82, 2.24) is 0 Å². The SMILES string of the molecule is CC1(OC(=O)COc2ccc(COc3ccc([SH]4c5ccc(O)cc5-c5cc(O)ccc54)cc3)cc2)C2CC3CC(C2)CC1C3. The van der Waals surface area contributed by atoms with E-state index in [2.05, 4.69) is 19.1 Å². The molecule has 7 heteroatoms. The van der Waals surface area contributed by atoms with E-state index >= 15 is 0 Å². The smallest absolute Gasteiger partial charge is 0.344 e. The van der Waals surface area contributed by atoms with Crippen LogP contribution in [0.4, 0.5) is 0 Å². The highest BCUT2D eigenvalue weighted by molar-refractivity contribution is 8.17. The number of carbonyl (C=O) groups is 1. The maximum absolute atomic E-state index is 12.8. The number of phenols is 2. The number of phenolic OH excluding ortho intramolecular Hbond substituents is 2. The molecule has 2 N–H and O–H groups in total. The highest BCUT2D eigenvalue weighted by Crippen LogP contribution is 2.63. The molecule has 0 saturated heterocycles. The molecule has 4 aromatic rings. The second-order valence-electron chi connectivity index (χ2n) is 13.4. The number of rotatable bonds is 8. The van der Waals surface area contributed by atoms with E-state index in [0.29, 0.717) is 24.2 Å². The van der Waals surface area contributed by atoms with E-state index in [1.54, 1.807) is 24.3 Å². The van der Waals surface area contributed by atoms with Crippen molar-refractivity contribution in [3.63, 3.8) is 0 Å². The first-order chi connectivity index (χ1) is 21.8. The molecule has 6 nitrogen and oxygen atoms in total. The average molecular weight is 623 g/mol. The molecule has 0 spiro atoms. The lowest BCUT2D eigenvalue weighted by molar-refractivity contribution is -0.204. The Hall–Kier alpha value is -4.10. The zero-order valence-electron chi connectivity index (χ0n) is 25.3. The maximum atomic E-state index is 12.8. The second-order valence-corrected chi connectivity index (χ2v) is 15.6. The van der Waals surface area contributed by atoms with Gasteiger partial charge in [-0.3, -0.25) is 0 Å². The zero-order chi connectivity index (χ0) is 30.7. The molecular formula is C38H38O6S.